The summed E-state index contributed by atoms with van der Waals surface area (Å²) in [6, 6.07) is 5.27. The number of carboxylic acid groups (broad SMARTS) is 1. The molecule has 20 heavy (non-hydrogen) atoms. The molecule has 1 amide bonds. The monoisotopic (exact) mass is 320 g/mol. The number of anilines is 1. The van der Waals surface area contributed by atoms with Crippen molar-refractivity contribution in [1.82, 2.24) is 4.90 Å². The summed E-state index contributed by atoms with van der Waals surface area (Å²) in [5.74, 6) is -1.07. The number of nitrogens with one attached hydrogen (secondary N) is 1. The number of halogens is 2. The van der Waals surface area contributed by atoms with E-state index in [1.54, 1.807) is 24.1 Å². The molecule has 0 saturated heterocycles. The predicted molar refractivity (Wildman–Crippen MR) is 81.8 cm³/mol. The summed E-state index contributed by atoms with van der Waals surface area (Å²) in [6.07, 6.45) is 0.0139. The van der Waals surface area contributed by atoms with Gasteiger partial charge in [0, 0.05) is 17.3 Å². The Morgan fingerprint density at radius 3 is 2.65 bits per heavy atom. The number of benzene rings is 1. The Morgan fingerprint density at radius 2 is 2.05 bits per heavy atom. The van der Waals surface area contributed by atoms with Crippen molar-refractivity contribution < 1.29 is 14.7 Å². The van der Waals surface area contributed by atoms with E-state index in [2.05, 4.69) is 5.32 Å². The smallest absolute Gasteiger partial charge is 0.304 e. The molecule has 0 aromatic heterocycles. The Morgan fingerprint density at radius 1 is 1.40 bits per heavy atom. The molecule has 0 atom stereocenters. The molecular weight excluding hydrogens is 303 g/mol. The highest BCUT2D eigenvalue weighted by Gasteiger charge is 2.09. The van der Waals surface area contributed by atoms with Crippen LogP contribution in [0.25, 0.3) is 0 Å². The van der Waals surface area contributed by atoms with E-state index >= 15 is 0 Å². The molecule has 5 nitrogen and oxygen atoms in total. The van der Waals surface area contributed by atoms with E-state index in [1.807, 2.05) is 13.0 Å². The van der Waals surface area contributed by atoms with Gasteiger partial charge in [0.25, 0.3) is 0 Å². The van der Waals surface area contributed by atoms with Crippen LogP contribution in [0.1, 0.15) is 12.0 Å². The molecule has 0 fully saturated rings. The largest absolute Gasteiger partial charge is 0.481 e. The summed E-state index contributed by atoms with van der Waals surface area (Å²) in [7, 11) is 1.70. The van der Waals surface area contributed by atoms with Gasteiger partial charge in [0.1, 0.15) is 0 Å². The molecule has 1 rings (SSSR count). The first-order chi connectivity index (χ1) is 8.88. The third-order valence-electron chi connectivity index (χ3n) is 2.59. The Kier molecular flexibility index (Phi) is 8.22. The number of hydrogen-bond acceptors (Lipinski definition) is 3. The maximum absolute atomic E-state index is 11.8. The molecule has 0 aliphatic carbocycles. The van der Waals surface area contributed by atoms with Gasteiger partial charge in [-0.1, -0.05) is 17.7 Å². The number of aliphatic carboxylic acids is 1. The van der Waals surface area contributed by atoms with Gasteiger partial charge in [-0.3, -0.25) is 14.5 Å². The minimum atomic E-state index is -0.877. The lowest BCUT2D eigenvalue weighted by atomic mass is 10.2. The second-order valence-electron chi connectivity index (χ2n) is 4.39. The number of aryl methyl sites for hydroxylation is 1. The quantitative estimate of drug-likeness (QED) is 0.844. The Labute approximate surface area is 129 Å². The summed E-state index contributed by atoms with van der Waals surface area (Å²) in [5, 5.41) is 11.9. The van der Waals surface area contributed by atoms with E-state index in [-0.39, 0.29) is 31.3 Å². The lowest BCUT2D eigenvalue weighted by Crippen LogP contribution is -2.31. The van der Waals surface area contributed by atoms with Crippen LogP contribution in [-0.2, 0) is 9.59 Å². The molecule has 0 aliphatic heterocycles. The van der Waals surface area contributed by atoms with Gasteiger partial charge in [-0.05, 0) is 31.7 Å². The fraction of sp³-hybridized carbons (Fsp3) is 0.385. The fourth-order valence-corrected chi connectivity index (χ4v) is 1.70. The molecule has 0 heterocycles. The fourth-order valence-electron chi connectivity index (χ4n) is 1.53. The highest BCUT2D eigenvalue weighted by molar-refractivity contribution is 6.31. The molecule has 1 aromatic rings. The third kappa shape index (κ3) is 6.75. The van der Waals surface area contributed by atoms with Gasteiger partial charge in [-0.15, -0.1) is 12.4 Å². The number of carboxylic acids is 1. The van der Waals surface area contributed by atoms with Crippen molar-refractivity contribution >= 4 is 41.6 Å². The Hall–Kier alpha value is -1.30. The van der Waals surface area contributed by atoms with E-state index < -0.39 is 5.97 Å². The van der Waals surface area contributed by atoms with Gasteiger partial charge in [0.2, 0.25) is 5.91 Å². The molecule has 112 valence electrons. The van der Waals surface area contributed by atoms with Crippen molar-refractivity contribution in [2.75, 3.05) is 25.5 Å². The Balaban J connectivity index is 0.00000361. The van der Waals surface area contributed by atoms with Crippen LogP contribution >= 0.6 is 24.0 Å². The number of hydrogen-bond donors (Lipinski definition) is 2. The molecule has 0 unspecified atom stereocenters. The van der Waals surface area contributed by atoms with Crippen molar-refractivity contribution in [3.05, 3.63) is 28.8 Å². The number of amides is 1. The van der Waals surface area contributed by atoms with Crippen LogP contribution in [0, 0.1) is 6.92 Å². The second-order valence-corrected chi connectivity index (χ2v) is 4.83. The van der Waals surface area contributed by atoms with Crippen molar-refractivity contribution in [2.24, 2.45) is 0 Å². The van der Waals surface area contributed by atoms with E-state index in [0.29, 0.717) is 17.3 Å². The third-order valence-corrected chi connectivity index (χ3v) is 2.83. The molecule has 0 radical (unpaired) electrons. The number of rotatable bonds is 6. The van der Waals surface area contributed by atoms with Gasteiger partial charge >= 0.3 is 5.97 Å². The summed E-state index contributed by atoms with van der Waals surface area (Å²) in [4.78, 5) is 23.9. The van der Waals surface area contributed by atoms with Crippen molar-refractivity contribution in [3.63, 3.8) is 0 Å². The summed E-state index contributed by atoms with van der Waals surface area (Å²) >= 11 is 5.86. The van der Waals surface area contributed by atoms with E-state index in [4.69, 9.17) is 16.7 Å². The van der Waals surface area contributed by atoms with Gasteiger partial charge in [0.05, 0.1) is 13.0 Å². The molecule has 1 aromatic carbocycles. The zero-order valence-corrected chi connectivity index (χ0v) is 12.9. The van der Waals surface area contributed by atoms with Crippen LogP contribution in [0.15, 0.2) is 18.2 Å². The number of carbonyl (C=O) groups is 2. The SMILES string of the molecule is Cc1ccc(Cl)cc1NC(=O)CN(C)CCC(=O)O.Cl. The molecule has 7 heteroatoms. The van der Waals surface area contributed by atoms with E-state index in [1.165, 1.54) is 0 Å². The van der Waals surface area contributed by atoms with E-state index in [9.17, 15) is 9.59 Å². The lowest BCUT2D eigenvalue weighted by molar-refractivity contribution is -0.137. The van der Waals surface area contributed by atoms with Crippen molar-refractivity contribution in [2.45, 2.75) is 13.3 Å². The van der Waals surface area contributed by atoms with Gasteiger partial charge in [-0.25, -0.2) is 0 Å². The van der Waals surface area contributed by atoms with Crippen LogP contribution in [0.3, 0.4) is 0 Å². The first-order valence-electron chi connectivity index (χ1n) is 5.85. The summed E-state index contributed by atoms with van der Waals surface area (Å²) in [6.45, 7) is 2.34. The molecule has 0 spiro atoms. The highest BCUT2D eigenvalue weighted by atomic mass is 35.5. The van der Waals surface area contributed by atoms with Gasteiger partial charge in [-0.2, -0.15) is 0 Å². The number of carbonyl (C=O) groups excluding carboxylic acids is 1. The van der Waals surface area contributed by atoms with Crippen molar-refractivity contribution in [3.8, 4) is 0 Å². The van der Waals surface area contributed by atoms with Crippen LogP contribution in [0.2, 0.25) is 5.02 Å². The lowest BCUT2D eigenvalue weighted by Gasteiger charge is -2.15. The standard InChI is InChI=1S/C13H17ClN2O3.ClH/c1-9-3-4-10(14)7-11(9)15-12(17)8-16(2)6-5-13(18)19;/h3-4,7H,5-6,8H2,1-2H3,(H,15,17)(H,18,19);1H. The van der Waals surface area contributed by atoms with Gasteiger partial charge in [0.15, 0.2) is 0 Å². The predicted octanol–water partition coefficient (Wildman–Crippen LogP) is 2.42. The average molecular weight is 321 g/mol. The van der Waals surface area contributed by atoms with Crippen LogP contribution in [0.4, 0.5) is 5.69 Å². The average Bonchev–Trinajstić information content (AvgIpc) is 2.31. The normalized spacial score (nSPS) is 10.0. The van der Waals surface area contributed by atoms with Crippen LogP contribution < -0.4 is 5.32 Å². The molecule has 0 bridgehead atoms. The number of nitrogens with zero attached hydrogens (tertiary/aromatic N) is 1. The second kappa shape index (κ2) is 8.79. The molecule has 2 N–H and O–H groups in total. The Bertz CT molecular complexity index is 481. The zero-order valence-electron chi connectivity index (χ0n) is 11.4. The number of likely N-dealkylation sites (N-methyl/N-ethyl adjacent to an activating group) is 1. The zero-order chi connectivity index (χ0) is 14.4. The van der Waals surface area contributed by atoms with E-state index in [0.717, 1.165) is 5.56 Å². The first-order valence-corrected chi connectivity index (χ1v) is 6.22. The molecule has 0 aliphatic rings. The highest BCUT2D eigenvalue weighted by Crippen LogP contribution is 2.19. The molecule has 0 saturated carbocycles. The maximum atomic E-state index is 11.8. The van der Waals surface area contributed by atoms with Gasteiger partial charge < -0.3 is 10.4 Å². The first kappa shape index (κ1) is 18.7. The maximum Gasteiger partial charge on any atom is 0.304 e. The summed E-state index contributed by atoms with van der Waals surface area (Å²) in [5.41, 5.74) is 1.59. The minimum Gasteiger partial charge on any atom is -0.481 e. The summed E-state index contributed by atoms with van der Waals surface area (Å²) < 4.78 is 0. The topological polar surface area (TPSA) is 69.6 Å². The molecular formula is C13H18Cl2N2O3. The van der Waals surface area contributed by atoms with Crippen LogP contribution in [0.5, 0.6) is 0 Å². The minimum absolute atomic E-state index is 0. The van der Waals surface area contributed by atoms with Crippen molar-refractivity contribution in [1.29, 1.82) is 0 Å². The van der Waals surface area contributed by atoms with Crippen LogP contribution in [-0.4, -0.2) is 42.0 Å².